The molecule has 4 heteroatoms. The molecule has 0 aliphatic heterocycles. The van der Waals surface area contributed by atoms with Gasteiger partial charge in [-0.15, -0.1) is 11.6 Å². The van der Waals surface area contributed by atoms with E-state index in [1.54, 1.807) is 7.11 Å². The summed E-state index contributed by atoms with van der Waals surface area (Å²) >= 11 is 6.28. The summed E-state index contributed by atoms with van der Waals surface area (Å²) in [4.78, 5) is 8.31. The van der Waals surface area contributed by atoms with Crippen molar-refractivity contribution in [3.8, 4) is 5.88 Å². The minimum absolute atomic E-state index is 0.211. The van der Waals surface area contributed by atoms with Crippen molar-refractivity contribution in [3.63, 3.8) is 0 Å². The topological polar surface area (TPSA) is 35.0 Å². The van der Waals surface area contributed by atoms with Crippen LogP contribution < -0.4 is 4.74 Å². The van der Waals surface area contributed by atoms with Gasteiger partial charge in [0.2, 0.25) is 5.88 Å². The van der Waals surface area contributed by atoms with Gasteiger partial charge >= 0.3 is 0 Å². The van der Waals surface area contributed by atoms with Gasteiger partial charge in [-0.1, -0.05) is 0 Å². The van der Waals surface area contributed by atoms with E-state index in [2.05, 4.69) is 9.97 Å². The van der Waals surface area contributed by atoms with Crippen molar-refractivity contribution >= 4 is 11.6 Å². The molecule has 1 saturated carbocycles. The molecule has 0 radical (unpaired) electrons. The molecule has 0 N–H and O–H groups in total. The summed E-state index contributed by atoms with van der Waals surface area (Å²) in [6.45, 7) is 1.98. The molecule has 82 valence electrons. The molecule has 1 aliphatic carbocycles. The first-order valence-corrected chi connectivity index (χ1v) is 5.64. The molecule has 1 heterocycles. The van der Waals surface area contributed by atoms with Crippen LogP contribution in [0.15, 0.2) is 6.33 Å². The first kappa shape index (κ1) is 10.7. The number of alkyl halides is 1. The highest BCUT2D eigenvalue weighted by Crippen LogP contribution is 2.37. The quantitative estimate of drug-likeness (QED) is 0.740. The fraction of sp³-hybridized carbons (Fsp3) is 0.636. The van der Waals surface area contributed by atoms with E-state index in [4.69, 9.17) is 16.3 Å². The number of aromatic nitrogens is 2. The number of methoxy groups -OCH3 is 1. The lowest BCUT2D eigenvalue weighted by Crippen LogP contribution is -2.09. The number of hydrogen-bond donors (Lipinski definition) is 0. The lowest BCUT2D eigenvalue weighted by molar-refractivity contribution is 0.392. The predicted molar refractivity (Wildman–Crippen MR) is 59.4 cm³/mol. The fourth-order valence-electron chi connectivity index (χ4n) is 1.69. The molecule has 0 amide bonds. The average Bonchev–Trinajstić information content (AvgIpc) is 3.04. The van der Waals surface area contributed by atoms with E-state index < -0.39 is 0 Å². The molecule has 1 aromatic rings. The molecule has 1 aromatic heterocycles. The Balaban J connectivity index is 2.12. The van der Waals surface area contributed by atoms with Crippen LogP contribution in [0.2, 0.25) is 0 Å². The molecular weight excluding hydrogens is 212 g/mol. The number of hydrogen-bond acceptors (Lipinski definition) is 3. The lowest BCUT2D eigenvalue weighted by Gasteiger charge is -2.11. The van der Waals surface area contributed by atoms with Crippen LogP contribution in [0.25, 0.3) is 0 Å². The maximum absolute atomic E-state index is 6.28. The van der Waals surface area contributed by atoms with Crippen molar-refractivity contribution in [2.45, 2.75) is 31.6 Å². The fourth-order valence-corrected chi connectivity index (χ4v) is 2.09. The first-order chi connectivity index (χ1) is 7.22. The van der Waals surface area contributed by atoms with E-state index in [1.165, 1.54) is 19.2 Å². The molecule has 0 saturated heterocycles. The predicted octanol–water partition coefficient (Wildman–Crippen LogP) is 2.35. The smallest absolute Gasteiger partial charge is 0.219 e. The van der Waals surface area contributed by atoms with Gasteiger partial charge < -0.3 is 4.74 Å². The Labute approximate surface area is 94.8 Å². The van der Waals surface area contributed by atoms with E-state index in [9.17, 15) is 0 Å². The average molecular weight is 227 g/mol. The normalized spacial score (nSPS) is 17.5. The highest BCUT2D eigenvalue weighted by Gasteiger charge is 2.30. The molecule has 0 aromatic carbocycles. The van der Waals surface area contributed by atoms with E-state index in [-0.39, 0.29) is 5.38 Å². The lowest BCUT2D eigenvalue weighted by atomic mass is 10.1. The Morgan fingerprint density at radius 1 is 1.53 bits per heavy atom. The molecule has 0 bridgehead atoms. The van der Waals surface area contributed by atoms with Gasteiger partial charge in [-0.2, -0.15) is 0 Å². The SMILES string of the molecule is COc1ncnc(CC(Cl)C2CC2)c1C. The monoisotopic (exact) mass is 226 g/mol. The number of ether oxygens (including phenoxy) is 1. The molecule has 1 unspecified atom stereocenters. The van der Waals surface area contributed by atoms with Crippen molar-refractivity contribution < 1.29 is 4.74 Å². The second-order valence-corrected chi connectivity index (χ2v) is 4.57. The van der Waals surface area contributed by atoms with Gasteiger partial charge in [0, 0.05) is 17.4 Å². The Bertz CT molecular complexity index is 352. The Morgan fingerprint density at radius 2 is 2.27 bits per heavy atom. The van der Waals surface area contributed by atoms with Crippen LogP contribution in [-0.4, -0.2) is 22.5 Å². The van der Waals surface area contributed by atoms with Gasteiger partial charge in [-0.25, -0.2) is 9.97 Å². The minimum Gasteiger partial charge on any atom is -0.481 e. The number of rotatable bonds is 4. The van der Waals surface area contributed by atoms with Crippen molar-refractivity contribution in [3.05, 3.63) is 17.6 Å². The molecular formula is C11H15ClN2O. The summed E-state index contributed by atoms with van der Waals surface area (Å²) < 4.78 is 5.15. The van der Waals surface area contributed by atoms with Crippen LogP contribution in [0.5, 0.6) is 5.88 Å². The maximum Gasteiger partial charge on any atom is 0.219 e. The zero-order chi connectivity index (χ0) is 10.8. The second kappa shape index (κ2) is 4.35. The van der Waals surface area contributed by atoms with Gasteiger partial charge in [0.05, 0.1) is 12.8 Å². The Morgan fingerprint density at radius 3 is 2.87 bits per heavy atom. The highest BCUT2D eigenvalue weighted by atomic mass is 35.5. The number of nitrogens with zero attached hydrogens (tertiary/aromatic N) is 2. The van der Waals surface area contributed by atoms with Gasteiger partial charge in [-0.05, 0) is 25.7 Å². The largest absolute Gasteiger partial charge is 0.481 e. The molecule has 1 atom stereocenters. The van der Waals surface area contributed by atoms with Crippen LogP contribution in [0.1, 0.15) is 24.1 Å². The van der Waals surface area contributed by atoms with E-state index >= 15 is 0 Å². The summed E-state index contributed by atoms with van der Waals surface area (Å²) in [6, 6.07) is 0. The van der Waals surface area contributed by atoms with Gasteiger partial charge in [0.15, 0.2) is 0 Å². The van der Waals surface area contributed by atoms with Crippen LogP contribution >= 0.6 is 11.6 Å². The Kier molecular flexibility index (Phi) is 3.10. The molecule has 15 heavy (non-hydrogen) atoms. The summed E-state index contributed by atoms with van der Waals surface area (Å²) in [5, 5.41) is 0.211. The Hall–Kier alpha value is -0.830. The van der Waals surface area contributed by atoms with Crippen molar-refractivity contribution in [2.24, 2.45) is 5.92 Å². The highest BCUT2D eigenvalue weighted by molar-refractivity contribution is 6.21. The van der Waals surface area contributed by atoms with Gasteiger partial charge in [0.1, 0.15) is 6.33 Å². The zero-order valence-electron chi connectivity index (χ0n) is 9.03. The zero-order valence-corrected chi connectivity index (χ0v) is 9.79. The second-order valence-electron chi connectivity index (χ2n) is 4.01. The van der Waals surface area contributed by atoms with Crippen molar-refractivity contribution in [1.82, 2.24) is 9.97 Å². The summed E-state index contributed by atoms with van der Waals surface area (Å²) in [7, 11) is 1.62. The maximum atomic E-state index is 6.28. The third kappa shape index (κ3) is 2.40. The van der Waals surface area contributed by atoms with E-state index in [1.807, 2.05) is 6.92 Å². The standard InChI is InChI=1S/C11H15ClN2O/c1-7-10(5-9(12)8-3-4-8)13-6-14-11(7)15-2/h6,8-9H,3-5H2,1-2H3. The molecule has 0 spiro atoms. The van der Waals surface area contributed by atoms with Crippen LogP contribution in [-0.2, 0) is 6.42 Å². The van der Waals surface area contributed by atoms with Gasteiger partial charge in [0.25, 0.3) is 0 Å². The molecule has 1 aliphatic rings. The van der Waals surface area contributed by atoms with Crippen LogP contribution in [0.4, 0.5) is 0 Å². The van der Waals surface area contributed by atoms with Crippen molar-refractivity contribution in [1.29, 1.82) is 0 Å². The third-order valence-electron chi connectivity index (χ3n) is 2.86. The minimum atomic E-state index is 0.211. The summed E-state index contributed by atoms with van der Waals surface area (Å²) in [5.74, 6) is 1.34. The molecule has 2 rings (SSSR count). The first-order valence-electron chi connectivity index (χ1n) is 5.21. The molecule has 3 nitrogen and oxygen atoms in total. The molecule has 1 fully saturated rings. The summed E-state index contributed by atoms with van der Waals surface area (Å²) in [6.07, 6.45) is 4.87. The van der Waals surface area contributed by atoms with E-state index in [0.717, 1.165) is 17.7 Å². The van der Waals surface area contributed by atoms with Crippen LogP contribution in [0, 0.1) is 12.8 Å². The third-order valence-corrected chi connectivity index (χ3v) is 3.37. The number of halogens is 1. The summed E-state index contributed by atoms with van der Waals surface area (Å²) in [5.41, 5.74) is 2.01. The van der Waals surface area contributed by atoms with E-state index in [0.29, 0.717) is 11.8 Å². The van der Waals surface area contributed by atoms with Gasteiger partial charge in [-0.3, -0.25) is 0 Å². The van der Waals surface area contributed by atoms with Crippen molar-refractivity contribution in [2.75, 3.05) is 7.11 Å². The van der Waals surface area contributed by atoms with Crippen LogP contribution in [0.3, 0.4) is 0 Å².